The summed E-state index contributed by atoms with van der Waals surface area (Å²) >= 11 is 2.93. The summed E-state index contributed by atoms with van der Waals surface area (Å²) in [5, 5.41) is 9.52. The molecule has 5 nitrogen and oxygen atoms in total. The van der Waals surface area contributed by atoms with Crippen molar-refractivity contribution < 1.29 is 0 Å². The topological polar surface area (TPSA) is 52.7 Å². The summed E-state index contributed by atoms with van der Waals surface area (Å²) in [6.45, 7) is 4.67. The van der Waals surface area contributed by atoms with Gasteiger partial charge in [-0.05, 0) is 37.1 Å². The van der Waals surface area contributed by atoms with E-state index in [2.05, 4.69) is 42.2 Å². The maximum absolute atomic E-state index is 12.4. The van der Waals surface area contributed by atoms with Crippen molar-refractivity contribution in [3.8, 4) is 0 Å². The van der Waals surface area contributed by atoms with E-state index in [4.69, 9.17) is 0 Å². The second kappa shape index (κ2) is 7.32. The maximum atomic E-state index is 12.4. The number of hydrogen-bond donors (Lipinski definition) is 0. The third kappa shape index (κ3) is 3.57. The highest BCUT2D eigenvalue weighted by Gasteiger charge is 2.14. The van der Waals surface area contributed by atoms with Gasteiger partial charge in [-0.25, -0.2) is 0 Å². The zero-order valence-corrected chi connectivity index (χ0v) is 17.1. The van der Waals surface area contributed by atoms with Gasteiger partial charge in [0, 0.05) is 12.8 Å². The summed E-state index contributed by atoms with van der Waals surface area (Å²) in [6.07, 6.45) is 0. The Balaban J connectivity index is 1.56. The zero-order valence-electron chi connectivity index (χ0n) is 15.5. The maximum Gasteiger partial charge on any atom is 0.308 e. The SMILES string of the molecule is Cc1ccc(C)c(CSc2nnc(Cn3c(=O)sc4ccccc43)n2C)c1. The van der Waals surface area contributed by atoms with E-state index < -0.39 is 0 Å². The fraction of sp³-hybridized carbons (Fsp3) is 0.250. The standard InChI is InChI=1S/C20H20N4OS2/c1-13-8-9-14(2)15(10-13)12-26-19-22-21-18(23(19)3)11-24-16-6-4-5-7-17(16)27-20(24)25/h4-10H,11-12H2,1-3H3. The van der Waals surface area contributed by atoms with Crippen LogP contribution in [-0.4, -0.2) is 19.3 Å². The van der Waals surface area contributed by atoms with Crippen LogP contribution in [0.3, 0.4) is 0 Å². The number of benzene rings is 2. The molecule has 0 amide bonds. The normalized spacial score (nSPS) is 11.4. The van der Waals surface area contributed by atoms with Crippen LogP contribution in [0.25, 0.3) is 10.2 Å². The molecule has 138 valence electrons. The van der Waals surface area contributed by atoms with Crippen molar-refractivity contribution in [2.75, 3.05) is 0 Å². The molecule has 0 radical (unpaired) electrons. The average molecular weight is 397 g/mol. The van der Waals surface area contributed by atoms with E-state index in [0.717, 1.165) is 27.0 Å². The van der Waals surface area contributed by atoms with Crippen molar-refractivity contribution in [2.45, 2.75) is 31.3 Å². The number of nitrogens with zero attached hydrogens (tertiary/aromatic N) is 4. The highest BCUT2D eigenvalue weighted by atomic mass is 32.2. The van der Waals surface area contributed by atoms with Gasteiger partial charge < -0.3 is 4.57 Å². The van der Waals surface area contributed by atoms with Crippen LogP contribution in [0.1, 0.15) is 22.5 Å². The molecule has 0 aliphatic rings. The summed E-state index contributed by atoms with van der Waals surface area (Å²) in [4.78, 5) is 12.4. The van der Waals surface area contributed by atoms with Crippen molar-refractivity contribution in [1.29, 1.82) is 0 Å². The number of aromatic nitrogens is 4. The number of para-hydroxylation sites is 1. The van der Waals surface area contributed by atoms with Gasteiger partial charge in [-0.15, -0.1) is 10.2 Å². The second-order valence-corrected chi connectivity index (χ2v) is 8.53. The lowest BCUT2D eigenvalue weighted by Gasteiger charge is -2.08. The molecule has 0 aliphatic carbocycles. The summed E-state index contributed by atoms with van der Waals surface area (Å²) < 4.78 is 4.74. The quantitative estimate of drug-likeness (QED) is 0.476. The minimum Gasteiger partial charge on any atom is -0.308 e. The Morgan fingerprint density at radius 3 is 2.78 bits per heavy atom. The first-order chi connectivity index (χ1) is 13.0. The molecule has 0 saturated heterocycles. The molecule has 4 rings (SSSR count). The molecular weight excluding hydrogens is 376 g/mol. The Kier molecular flexibility index (Phi) is 4.88. The van der Waals surface area contributed by atoms with Crippen molar-refractivity contribution in [2.24, 2.45) is 7.05 Å². The van der Waals surface area contributed by atoms with Gasteiger partial charge in [0.1, 0.15) is 0 Å². The van der Waals surface area contributed by atoms with Gasteiger partial charge in [-0.1, -0.05) is 59.0 Å². The largest absolute Gasteiger partial charge is 0.308 e. The Hall–Kier alpha value is -2.38. The minimum absolute atomic E-state index is 0.0313. The molecule has 0 fully saturated rings. The fourth-order valence-corrected chi connectivity index (χ4v) is 4.90. The van der Waals surface area contributed by atoms with E-state index in [1.165, 1.54) is 28.0 Å². The summed E-state index contributed by atoms with van der Waals surface area (Å²) in [6, 6.07) is 14.4. The Morgan fingerprint density at radius 1 is 1.11 bits per heavy atom. The predicted octanol–water partition coefficient (Wildman–Crippen LogP) is 4.15. The van der Waals surface area contributed by atoms with Crippen LogP contribution in [0.4, 0.5) is 0 Å². The summed E-state index contributed by atoms with van der Waals surface area (Å²) in [5.74, 6) is 1.63. The molecule has 0 unspecified atom stereocenters. The molecule has 27 heavy (non-hydrogen) atoms. The number of thioether (sulfide) groups is 1. The minimum atomic E-state index is 0.0313. The average Bonchev–Trinajstić information content (AvgIpc) is 3.16. The van der Waals surface area contributed by atoms with Gasteiger partial charge in [0.05, 0.1) is 16.8 Å². The molecule has 0 aliphatic heterocycles. The molecule has 0 bridgehead atoms. The summed E-state index contributed by atoms with van der Waals surface area (Å²) in [5.41, 5.74) is 4.80. The third-order valence-electron chi connectivity index (χ3n) is 4.66. The number of aryl methyl sites for hydroxylation is 2. The van der Waals surface area contributed by atoms with Crippen LogP contribution < -0.4 is 4.87 Å². The highest BCUT2D eigenvalue weighted by Crippen LogP contribution is 2.24. The molecular formula is C20H20N4OS2. The first-order valence-electron chi connectivity index (χ1n) is 8.68. The van der Waals surface area contributed by atoms with Crippen LogP contribution in [0.15, 0.2) is 52.4 Å². The molecule has 0 N–H and O–H groups in total. The first-order valence-corrected chi connectivity index (χ1v) is 10.5. The fourth-order valence-electron chi connectivity index (χ4n) is 3.01. The third-order valence-corrected chi connectivity index (χ3v) is 6.69. The lowest BCUT2D eigenvalue weighted by Crippen LogP contribution is -2.16. The van der Waals surface area contributed by atoms with E-state index in [9.17, 15) is 4.79 Å². The van der Waals surface area contributed by atoms with Crippen molar-refractivity contribution >= 4 is 33.3 Å². The van der Waals surface area contributed by atoms with Gasteiger partial charge in [0.2, 0.25) is 0 Å². The Bertz CT molecular complexity index is 1170. The van der Waals surface area contributed by atoms with Crippen molar-refractivity contribution in [3.05, 3.63) is 74.6 Å². The van der Waals surface area contributed by atoms with Gasteiger partial charge in [-0.2, -0.15) is 0 Å². The van der Waals surface area contributed by atoms with Crippen molar-refractivity contribution in [1.82, 2.24) is 19.3 Å². The Labute approximate surface area is 165 Å². The van der Waals surface area contributed by atoms with Gasteiger partial charge in [0.15, 0.2) is 11.0 Å². The van der Waals surface area contributed by atoms with Crippen LogP contribution in [0.2, 0.25) is 0 Å². The number of hydrogen-bond acceptors (Lipinski definition) is 5. The lowest BCUT2D eigenvalue weighted by atomic mass is 10.1. The van der Waals surface area contributed by atoms with Crippen molar-refractivity contribution in [3.63, 3.8) is 0 Å². The lowest BCUT2D eigenvalue weighted by molar-refractivity contribution is 0.681. The number of rotatable bonds is 5. The van der Waals surface area contributed by atoms with E-state index in [-0.39, 0.29) is 4.87 Å². The zero-order chi connectivity index (χ0) is 19.0. The number of thiazole rings is 1. The molecule has 2 aromatic carbocycles. The van der Waals surface area contributed by atoms with Crippen LogP contribution in [0.5, 0.6) is 0 Å². The van der Waals surface area contributed by atoms with E-state index in [1.807, 2.05) is 35.9 Å². The Morgan fingerprint density at radius 2 is 1.93 bits per heavy atom. The van der Waals surface area contributed by atoms with E-state index in [0.29, 0.717) is 6.54 Å². The molecule has 7 heteroatoms. The highest BCUT2D eigenvalue weighted by molar-refractivity contribution is 7.98. The molecule has 0 saturated carbocycles. The number of fused-ring (bicyclic) bond motifs is 1. The van der Waals surface area contributed by atoms with Crippen LogP contribution in [-0.2, 0) is 19.3 Å². The molecule has 0 spiro atoms. The van der Waals surface area contributed by atoms with Gasteiger partial charge in [0.25, 0.3) is 0 Å². The van der Waals surface area contributed by atoms with E-state index >= 15 is 0 Å². The van der Waals surface area contributed by atoms with Crippen LogP contribution in [0, 0.1) is 13.8 Å². The van der Waals surface area contributed by atoms with E-state index in [1.54, 1.807) is 16.3 Å². The van der Waals surface area contributed by atoms with Crippen LogP contribution >= 0.6 is 23.1 Å². The molecule has 4 aromatic rings. The molecule has 0 atom stereocenters. The molecule has 2 heterocycles. The smallest absolute Gasteiger partial charge is 0.308 e. The second-order valence-electron chi connectivity index (χ2n) is 6.60. The first kappa shape index (κ1) is 18.0. The van der Waals surface area contributed by atoms with Gasteiger partial charge in [-0.3, -0.25) is 9.36 Å². The predicted molar refractivity (Wildman–Crippen MR) is 112 cm³/mol. The summed E-state index contributed by atoms with van der Waals surface area (Å²) in [7, 11) is 1.96. The molecule has 2 aromatic heterocycles. The monoisotopic (exact) mass is 396 g/mol. The van der Waals surface area contributed by atoms with Gasteiger partial charge >= 0.3 is 4.87 Å².